The van der Waals surface area contributed by atoms with Gasteiger partial charge in [0.1, 0.15) is 10.6 Å². The smallest absolute Gasteiger partial charge is 0.268 e. The summed E-state index contributed by atoms with van der Waals surface area (Å²) < 4.78 is 24.2. The van der Waals surface area contributed by atoms with E-state index in [1.54, 1.807) is 7.05 Å². The summed E-state index contributed by atoms with van der Waals surface area (Å²) in [6, 6.07) is 1.62. The fourth-order valence-corrected chi connectivity index (χ4v) is 5.43. The first-order chi connectivity index (χ1) is 9.86. The highest BCUT2D eigenvalue weighted by molar-refractivity contribution is 8.13. The number of halogens is 1. The number of aromatic nitrogens is 1. The molecule has 1 aromatic rings. The van der Waals surface area contributed by atoms with Crippen LogP contribution in [0.25, 0.3) is 0 Å². The number of carbonyl (C=O) groups excluding carboxylic acids is 1. The molecule has 0 spiro atoms. The molecule has 114 valence electrons. The van der Waals surface area contributed by atoms with Crippen LogP contribution < -0.4 is 5.32 Å². The molecule has 5 nitrogen and oxygen atoms in total. The normalized spacial score (nSPS) is 36.6. The van der Waals surface area contributed by atoms with Crippen LogP contribution in [-0.4, -0.2) is 24.9 Å². The highest BCUT2D eigenvalue weighted by Crippen LogP contribution is 2.65. The molecule has 0 radical (unpaired) electrons. The average molecular weight is 329 g/mol. The van der Waals surface area contributed by atoms with Gasteiger partial charge in [0.15, 0.2) is 0 Å². The van der Waals surface area contributed by atoms with Crippen molar-refractivity contribution in [3.8, 4) is 0 Å². The Morgan fingerprint density at radius 1 is 1.33 bits per heavy atom. The molecule has 1 amide bonds. The third-order valence-corrected chi connectivity index (χ3v) is 6.85. The molecule has 7 heteroatoms. The molecule has 2 bridgehead atoms. The molecule has 3 saturated carbocycles. The largest absolute Gasteiger partial charge is 0.347 e. The predicted molar refractivity (Wildman–Crippen MR) is 77.5 cm³/mol. The van der Waals surface area contributed by atoms with Crippen LogP contribution in [0, 0.1) is 23.7 Å². The Kier molecular flexibility index (Phi) is 2.77. The van der Waals surface area contributed by atoms with Gasteiger partial charge in [0, 0.05) is 30.0 Å². The summed E-state index contributed by atoms with van der Waals surface area (Å²) in [6.45, 7) is 0. The predicted octanol–water partition coefficient (Wildman–Crippen LogP) is 1.73. The number of rotatable bonds is 3. The molecule has 4 atom stereocenters. The number of nitrogens with one attached hydrogen (secondary N) is 1. The van der Waals surface area contributed by atoms with Crippen LogP contribution in [0.4, 0.5) is 0 Å². The average Bonchev–Trinajstić information content (AvgIpc) is 2.81. The molecule has 1 aromatic heterocycles. The van der Waals surface area contributed by atoms with Crippen molar-refractivity contribution in [3.05, 3.63) is 18.0 Å². The van der Waals surface area contributed by atoms with Crippen LogP contribution in [-0.2, 0) is 16.1 Å². The second-order valence-electron chi connectivity index (χ2n) is 6.60. The van der Waals surface area contributed by atoms with Crippen molar-refractivity contribution in [2.24, 2.45) is 30.7 Å². The number of nitrogens with zero attached hydrogens (tertiary/aromatic N) is 1. The zero-order chi connectivity index (χ0) is 14.9. The molecule has 1 heterocycles. The van der Waals surface area contributed by atoms with Crippen LogP contribution in [0.1, 0.15) is 29.8 Å². The molecule has 0 saturated heterocycles. The Morgan fingerprint density at radius 2 is 1.95 bits per heavy atom. The Morgan fingerprint density at radius 3 is 2.48 bits per heavy atom. The van der Waals surface area contributed by atoms with E-state index in [2.05, 4.69) is 5.32 Å². The highest BCUT2D eigenvalue weighted by atomic mass is 35.7. The van der Waals surface area contributed by atoms with E-state index in [-0.39, 0.29) is 16.8 Å². The molecular formula is C14H17ClN2O3S. The maximum Gasteiger partial charge on any atom is 0.268 e. The maximum atomic E-state index is 12.4. The van der Waals surface area contributed by atoms with Crippen molar-refractivity contribution in [2.75, 3.05) is 0 Å². The summed E-state index contributed by atoms with van der Waals surface area (Å²) in [7, 11) is 3.17. The van der Waals surface area contributed by atoms with E-state index in [1.165, 1.54) is 36.1 Å². The molecule has 21 heavy (non-hydrogen) atoms. The third kappa shape index (κ3) is 2.03. The summed E-state index contributed by atoms with van der Waals surface area (Å²) in [5.41, 5.74) is 0.339. The zero-order valence-corrected chi connectivity index (χ0v) is 13.2. The number of hydrogen-bond donors (Lipinski definition) is 1. The lowest BCUT2D eigenvalue weighted by atomic mass is 10.0. The molecule has 0 aliphatic heterocycles. The van der Waals surface area contributed by atoms with E-state index >= 15 is 0 Å². The Balaban J connectivity index is 1.51. The molecule has 3 fully saturated rings. The van der Waals surface area contributed by atoms with Crippen molar-refractivity contribution in [1.29, 1.82) is 0 Å². The van der Waals surface area contributed by atoms with E-state index in [1.807, 2.05) is 0 Å². The summed E-state index contributed by atoms with van der Waals surface area (Å²) in [5, 5.41) is 3.08. The molecule has 3 aliphatic carbocycles. The minimum atomic E-state index is -3.80. The van der Waals surface area contributed by atoms with E-state index in [0.717, 1.165) is 11.8 Å². The van der Waals surface area contributed by atoms with E-state index in [0.29, 0.717) is 17.5 Å². The Bertz CT molecular complexity index is 711. The van der Waals surface area contributed by atoms with Gasteiger partial charge in [-0.2, -0.15) is 0 Å². The SMILES string of the molecule is Cn1cc(S(=O)(=O)Cl)cc1C(=O)NC1C2C3CCC(C3)C12. The first-order valence-corrected chi connectivity index (χ1v) is 9.59. The summed E-state index contributed by atoms with van der Waals surface area (Å²) in [5.74, 6) is 2.69. The molecule has 1 N–H and O–H groups in total. The van der Waals surface area contributed by atoms with Gasteiger partial charge in [-0.3, -0.25) is 4.79 Å². The first-order valence-electron chi connectivity index (χ1n) is 7.28. The minimum absolute atomic E-state index is 0.0344. The molecule has 4 rings (SSSR count). The number of fused-ring (bicyclic) bond motifs is 5. The Labute approximate surface area is 128 Å². The van der Waals surface area contributed by atoms with Gasteiger partial charge < -0.3 is 9.88 Å². The van der Waals surface area contributed by atoms with Crippen LogP contribution in [0.15, 0.2) is 17.2 Å². The zero-order valence-electron chi connectivity index (χ0n) is 11.6. The van der Waals surface area contributed by atoms with E-state index in [9.17, 15) is 13.2 Å². The van der Waals surface area contributed by atoms with Crippen molar-refractivity contribution in [3.63, 3.8) is 0 Å². The van der Waals surface area contributed by atoms with Crippen molar-refractivity contribution >= 4 is 25.6 Å². The summed E-state index contributed by atoms with van der Waals surface area (Å²) in [4.78, 5) is 12.3. The van der Waals surface area contributed by atoms with Gasteiger partial charge in [-0.1, -0.05) is 0 Å². The lowest BCUT2D eigenvalue weighted by molar-refractivity contribution is 0.0936. The van der Waals surface area contributed by atoms with E-state index < -0.39 is 9.05 Å². The van der Waals surface area contributed by atoms with Crippen molar-refractivity contribution < 1.29 is 13.2 Å². The number of carbonyl (C=O) groups is 1. The van der Waals surface area contributed by atoms with E-state index in [4.69, 9.17) is 10.7 Å². The van der Waals surface area contributed by atoms with Gasteiger partial charge in [-0.05, 0) is 49.0 Å². The fourth-order valence-electron chi connectivity index (χ4n) is 4.64. The van der Waals surface area contributed by atoms with Crippen LogP contribution in [0.2, 0.25) is 0 Å². The fraction of sp³-hybridized carbons (Fsp3) is 0.643. The second kappa shape index (κ2) is 4.26. The molecular weight excluding hydrogens is 312 g/mol. The lowest BCUT2D eigenvalue weighted by Crippen LogP contribution is -2.31. The number of amides is 1. The Hall–Kier alpha value is -1.01. The summed E-state index contributed by atoms with van der Waals surface area (Å²) in [6.07, 6.45) is 5.31. The van der Waals surface area contributed by atoms with Gasteiger partial charge in [-0.25, -0.2) is 8.42 Å². The van der Waals surface area contributed by atoms with Gasteiger partial charge in [0.25, 0.3) is 15.0 Å². The first kappa shape index (κ1) is 13.6. The monoisotopic (exact) mass is 328 g/mol. The van der Waals surface area contributed by atoms with Gasteiger partial charge in [0.05, 0.1) is 0 Å². The van der Waals surface area contributed by atoms with Crippen molar-refractivity contribution in [1.82, 2.24) is 9.88 Å². The van der Waals surface area contributed by atoms with Crippen LogP contribution in [0.5, 0.6) is 0 Å². The second-order valence-corrected chi connectivity index (χ2v) is 9.16. The lowest BCUT2D eigenvalue weighted by Gasteiger charge is -2.10. The standard InChI is InChI=1S/C14H17ClN2O3S/c1-17-6-9(21(15,19)20)5-10(17)14(18)16-13-11-7-2-3-8(4-7)12(11)13/h5-8,11-13H,2-4H2,1H3,(H,16,18). The quantitative estimate of drug-likeness (QED) is 0.859. The third-order valence-electron chi connectivity index (χ3n) is 5.53. The van der Waals surface area contributed by atoms with Crippen LogP contribution >= 0.6 is 10.7 Å². The highest BCUT2D eigenvalue weighted by Gasteiger charge is 2.65. The van der Waals surface area contributed by atoms with Gasteiger partial charge in [0.2, 0.25) is 0 Å². The molecule has 0 aromatic carbocycles. The van der Waals surface area contributed by atoms with Crippen molar-refractivity contribution in [2.45, 2.75) is 30.2 Å². The van der Waals surface area contributed by atoms with Gasteiger partial charge in [-0.15, -0.1) is 0 Å². The number of aryl methyl sites for hydroxylation is 1. The number of hydrogen-bond acceptors (Lipinski definition) is 3. The van der Waals surface area contributed by atoms with Gasteiger partial charge >= 0.3 is 0 Å². The summed E-state index contributed by atoms with van der Waals surface area (Å²) >= 11 is 0. The maximum absolute atomic E-state index is 12.4. The topological polar surface area (TPSA) is 68.2 Å². The molecule has 4 unspecified atom stereocenters. The minimum Gasteiger partial charge on any atom is -0.347 e. The van der Waals surface area contributed by atoms with Crippen LogP contribution in [0.3, 0.4) is 0 Å². The molecule has 3 aliphatic rings.